The fourth-order valence-corrected chi connectivity index (χ4v) is 2.24. The summed E-state index contributed by atoms with van der Waals surface area (Å²) >= 11 is 0. The molecule has 1 amide bonds. The zero-order chi connectivity index (χ0) is 16.7. The Hall–Kier alpha value is -2.47. The van der Waals surface area contributed by atoms with Gasteiger partial charge in [0, 0.05) is 24.5 Å². The van der Waals surface area contributed by atoms with Gasteiger partial charge in [-0.1, -0.05) is 19.9 Å². The van der Waals surface area contributed by atoms with E-state index >= 15 is 0 Å². The molecule has 0 saturated heterocycles. The van der Waals surface area contributed by atoms with Crippen LogP contribution in [0.4, 0.5) is 0 Å². The van der Waals surface area contributed by atoms with E-state index in [1.165, 1.54) is 6.20 Å². The zero-order valence-electron chi connectivity index (χ0n) is 13.5. The molecule has 0 aliphatic heterocycles. The van der Waals surface area contributed by atoms with E-state index in [1.807, 2.05) is 13.8 Å². The minimum Gasteiger partial charge on any atom is -0.437 e. The lowest BCUT2D eigenvalue weighted by Gasteiger charge is -2.31. The molecule has 6 nitrogen and oxygen atoms in total. The smallest absolute Gasteiger partial charge is 0.251 e. The van der Waals surface area contributed by atoms with Gasteiger partial charge in [-0.05, 0) is 31.0 Å². The largest absolute Gasteiger partial charge is 0.437 e. The van der Waals surface area contributed by atoms with Crippen molar-refractivity contribution in [2.45, 2.75) is 32.2 Å². The van der Waals surface area contributed by atoms with Crippen LogP contribution in [-0.4, -0.2) is 28.0 Å². The number of hydrogen-bond acceptors (Lipinski definition) is 5. The van der Waals surface area contributed by atoms with E-state index in [1.54, 1.807) is 36.7 Å². The Morgan fingerprint density at radius 3 is 2.70 bits per heavy atom. The highest BCUT2D eigenvalue weighted by Gasteiger charge is 2.26. The quantitative estimate of drug-likeness (QED) is 0.819. The maximum absolute atomic E-state index is 12.5. The van der Waals surface area contributed by atoms with Crippen molar-refractivity contribution in [3.8, 4) is 11.6 Å². The number of nitrogens with zero attached hydrogens (tertiary/aromatic N) is 2. The van der Waals surface area contributed by atoms with Gasteiger partial charge >= 0.3 is 0 Å². The molecular formula is C17H22N4O2. The van der Waals surface area contributed by atoms with E-state index in [0.717, 1.165) is 12.8 Å². The van der Waals surface area contributed by atoms with Crippen molar-refractivity contribution < 1.29 is 9.53 Å². The van der Waals surface area contributed by atoms with E-state index in [9.17, 15) is 4.79 Å². The van der Waals surface area contributed by atoms with Gasteiger partial charge in [0.1, 0.15) is 5.75 Å². The van der Waals surface area contributed by atoms with Crippen molar-refractivity contribution in [3.05, 3.63) is 48.4 Å². The Labute approximate surface area is 136 Å². The van der Waals surface area contributed by atoms with Crippen LogP contribution in [0, 0.1) is 0 Å². The first kappa shape index (κ1) is 16.9. The lowest BCUT2D eigenvalue weighted by Crippen LogP contribution is -2.52. The highest BCUT2D eigenvalue weighted by Crippen LogP contribution is 2.20. The first-order valence-electron chi connectivity index (χ1n) is 7.69. The number of carbonyl (C=O) groups excluding carboxylic acids is 1. The van der Waals surface area contributed by atoms with Gasteiger partial charge in [0.05, 0.1) is 11.7 Å². The molecule has 6 heteroatoms. The van der Waals surface area contributed by atoms with Gasteiger partial charge in [0.15, 0.2) is 0 Å². The third kappa shape index (κ3) is 4.26. The predicted molar refractivity (Wildman–Crippen MR) is 88.4 cm³/mol. The van der Waals surface area contributed by atoms with E-state index in [-0.39, 0.29) is 11.4 Å². The Bertz CT molecular complexity index is 634. The van der Waals surface area contributed by atoms with E-state index in [0.29, 0.717) is 23.7 Å². The Balaban J connectivity index is 2.14. The van der Waals surface area contributed by atoms with Crippen molar-refractivity contribution in [1.29, 1.82) is 0 Å². The van der Waals surface area contributed by atoms with Gasteiger partial charge in [0.25, 0.3) is 5.91 Å². The number of ether oxygens (including phenoxy) is 1. The average molecular weight is 314 g/mol. The molecule has 0 spiro atoms. The molecule has 122 valence electrons. The molecule has 3 N–H and O–H groups in total. The van der Waals surface area contributed by atoms with Gasteiger partial charge in [-0.3, -0.25) is 9.78 Å². The molecule has 0 fully saturated rings. The van der Waals surface area contributed by atoms with Crippen LogP contribution in [0.15, 0.2) is 42.9 Å². The van der Waals surface area contributed by atoms with Crippen LogP contribution in [0.5, 0.6) is 11.6 Å². The molecule has 0 aliphatic carbocycles. The molecule has 23 heavy (non-hydrogen) atoms. The van der Waals surface area contributed by atoms with Crippen molar-refractivity contribution in [2.75, 3.05) is 6.54 Å². The Kier molecular flexibility index (Phi) is 5.65. The molecule has 1 aromatic carbocycles. The van der Waals surface area contributed by atoms with Gasteiger partial charge in [-0.15, -0.1) is 0 Å². The number of nitrogens with two attached hydrogens (primary N) is 1. The van der Waals surface area contributed by atoms with Crippen LogP contribution in [-0.2, 0) is 0 Å². The Morgan fingerprint density at radius 1 is 1.30 bits per heavy atom. The number of hydrogen-bond donors (Lipinski definition) is 2. The summed E-state index contributed by atoms with van der Waals surface area (Å²) in [7, 11) is 0. The molecule has 0 radical (unpaired) electrons. The highest BCUT2D eigenvalue weighted by atomic mass is 16.5. The fraction of sp³-hybridized carbons (Fsp3) is 0.353. The standard InChI is InChI=1S/C17H22N4O2/c1-3-17(4-2,12-18)21-16(22)13-6-5-7-14(10-13)23-15-11-19-8-9-20-15/h5-11H,3-4,12,18H2,1-2H3,(H,21,22). The molecule has 1 aromatic heterocycles. The summed E-state index contributed by atoms with van der Waals surface area (Å²) in [4.78, 5) is 20.5. The topological polar surface area (TPSA) is 90.1 Å². The van der Waals surface area contributed by atoms with Crippen LogP contribution in [0.25, 0.3) is 0 Å². The number of aromatic nitrogens is 2. The van der Waals surface area contributed by atoms with Gasteiger partial charge < -0.3 is 15.8 Å². The lowest BCUT2D eigenvalue weighted by molar-refractivity contribution is 0.0895. The first-order valence-corrected chi connectivity index (χ1v) is 7.69. The molecule has 1 heterocycles. The number of amides is 1. The zero-order valence-corrected chi connectivity index (χ0v) is 13.5. The van der Waals surface area contributed by atoms with Crippen LogP contribution in [0.1, 0.15) is 37.0 Å². The average Bonchev–Trinajstić information content (AvgIpc) is 2.61. The van der Waals surface area contributed by atoms with Gasteiger partial charge in [-0.25, -0.2) is 4.98 Å². The number of carbonyl (C=O) groups is 1. The van der Waals surface area contributed by atoms with Crippen molar-refractivity contribution in [1.82, 2.24) is 15.3 Å². The summed E-state index contributed by atoms with van der Waals surface area (Å²) in [5, 5.41) is 3.04. The molecule has 0 aliphatic rings. The number of nitrogens with one attached hydrogen (secondary N) is 1. The van der Waals surface area contributed by atoms with Crippen LogP contribution < -0.4 is 15.8 Å². The summed E-state index contributed by atoms with van der Waals surface area (Å²) < 4.78 is 5.60. The summed E-state index contributed by atoms with van der Waals surface area (Å²) in [5.74, 6) is 0.747. The second-order valence-electron chi connectivity index (χ2n) is 5.32. The normalized spacial score (nSPS) is 11.1. The molecule has 2 rings (SSSR count). The molecular weight excluding hydrogens is 292 g/mol. The lowest BCUT2D eigenvalue weighted by atomic mass is 9.92. The van der Waals surface area contributed by atoms with E-state index in [4.69, 9.17) is 10.5 Å². The minimum absolute atomic E-state index is 0.163. The summed E-state index contributed by atoms with van der Waals surface area (Å²) in [6.07, 6.45) is 6.19. The number of benzene rings is 1. The Morgan fingerprint density at radius 2 is 2.09 bits per heavy atom. The third-order valence-electron chi connectivity index (χ3n) is 3.98. The molecule has 0 atom stereocenters. The predicted octanol–water partition coefficient (Wildman–Crippen LogP) is 2.52. The molecule has 0 unspecified atom stereocenters. The van der Waals surface area contributed by atoms with Gasteiger partial charge in [-0.2, -0.15) is 0 Å². The maximum Gasteiger partial charge on any atom is 0.251 e. The number of rotatable bonds is 7. The van der Waals surface area contributed by atoms with E-state index in [2.05, 4.69) is 15.3 Å². The van der Waals surface area contributed by atoms with Gasteiger partial charge in [0.2, 0.25) is 5.88 Å². The first-order chi connectivity index (χ1) is 11.1. The van der Waals surface area contributed by atoms with E-state index < -0.39 is 0 Å². The second-order valence-corrected chi connectivity index (χ2v) is 5.32. The fourth-order valence-electron chi connectivity index (χ4n) is 2.24. The maximum atomic E-state index is 12.5. The van der Waals surface area contributed by atoms with Crippen LogP contribution in [0.3, 0.4) is 0 Å². The van der Waals surface area contributed by atoms with Crippen LogP contribution >= 0.6 is 0 Å². The van der Waals surface area contributed by atoms with Crippen LogP contribution in [0.2, 0.25) is 0 Å². The summed E-state index contributed by atoms with van der Waals surface area (Å²) in [6, 6.07) is 6.95. The summed E-state index contributed by atoms with van der Waals surface area (Å²) in [5.41, 5.74) is 5.98. The minimum atomic E-state index is -0.376. The monoisotopic (exact) mass is 314 g/mol. The summed E-state index contributed by atoms with van der Waals surface area (Å²) in [6.45, 7) is 4.44. The SMILES string of the molecule is CCC(CC)(CN)NC(=O)c1cccc(Oc2cnccn2)c1. The third-order valence-corrected chi connectivity index (χ3v) is 3.98. The highest BCUT2D eigenvalue weighted by molar-refractivity contribution is 5.95. The second kappa shape index (κ2) is 7.69. The van der Waals surface area contributed by atoms with Crippen molar-refractivity contribution in [3.63, 3.8) is 0 Å². The molecule has 2 aromatic rings. The molecule has 0 saturated carbocycles. The van der Waals surface area contributed by atoms with Crippen molar-refractivity contribution >= 4 is 5.91 Å². The van der Waals surface area contributed by atoms with Crippen molar-refractivity contribution in [2.24, 2.45) is 5.73 Å². The molecule has 0 bridgehead atoms.